The fourth-order valence-electron chi connectivity index (χ4n) is 3.07. The molecule has 3 aromatic heterocycles. The Labute approximate surface area is 195 Å². The first kappa shape index (κ1) is 22.5. The zero-order valence-corrected chi connectivity index (χ0v) is 18.8. The van der Waals surface area contributed by atoms with Crippen LogP contribution in [0.4, 0.5) is 5.82 Å². The number of hydrogen-bond donors (Lipinski definition) is 1. The van der Waals surface area contributed by atoms with E-state index in [0.717, 1.165) is 18.5 Å². The number of nitrogens with zero attached hydrogens (tertiary/aromatic N) is 6. The van der Waals surface area contributed by atoms with E-state index in [4.69, 9.17) is 9.47 Å². The molecule has 0 aromatic carbocycles. The van der Waals surface area contributed by atoms with Gasteiger partial charge in [-0.05, 0) is 37.1 Å². The summed E-state index contributed by atoms with van der Waals surface area (Å²) in [7, 11) is 1.61. The maximum atomic E-state index is 10.0. The third kappa shape index (κ3) is 5.55. The lowest BCUT2D eigenvalue weighted by molar-refractivity contribution is 0.146. The molecule has 1 N–H and O–H groups in total. The molecule has 0 bridgehead atoms. The van der Waals surface area contributed by atoms with Crippen LogP contribution < -0.4 is 10.1 Å². The highest BCUT2D eigenvalue weighted by Crippen LogP contribution is 2.38. The van der Waals surface area contributed by atoms with Crippen LogP contribution in [0, 0.1) is 22.7 Å². The zero-order valence-electron chi connectivity index (χ0n) is 18.0. The Balaban J connectivity index is 1.73. The van der Waals surface area contributed by atoms with E-state index in [2.05, 4.69) is 37.6 Å². The molecular formula is C23H21N7O2S. The molecule has 0 atom stereocenters. The van der Waals surface area contributed by atoms with Gasteiger partial charge in [0.2, 0.25) is 0 Å². The van der Waals surface area contributed by atoms with Gasteiger partial charge in [-0.1, -0.05) is 11.8 Å². The van der Waals surface area contributed by atoms with Crippen molar-refractivity contribution in [3.05, 3.63) is 53.5 Å². The second kappa shape index (κ2) is 10.7. The van der Waals surface area contributed by atoms with Gasteiger partial charge in [-0.15, -0.1) is 0 Å². The van der Waals surface area contributed by atoms with E-state index < -0.39 is 0 Å². The van der Waals surface area contributed by atoms with Crippen molar-refractivity contribution in [1.29, 1.82) is 10.5 Å². The number of aromatic nitrogens is 4. The highest BCUT2D eigenvalue weighted by atomic mass is 32.2. The summed E-state index contributed by atoms with van der Waals surface area (Å²) < 4.78 is 10.6. The van der Waals surface area contributed by atoms with E-state index in [9.17, 15) is 10.5 Å². The van der Waals surface area contributed by atoms with Gasteiger partial charge in [-0.3, -0.25) is 4.98 Å². The van der Waals surface area contributed by atoms with Gasteiger partial charge in [0.15, 0.2) is 0 Å². The fraction of sp³-hybridized carbons (Fsp3) is 0.304. The van der Waals surface area contributed by atoms with Crippen LogP contribution in [0.5, 0.6) is 5.75 Å². The maximum Gasteiger partial charge on any atom is 0.146 e. The number of thioether (sulfide) groups is 1. The summed E-state index contributed by atoms with van der Waals surface area (Å²) in [5.41, 5.74) is 2.35. The van der Waals surface area contributed by atoms with Crippen LogP contribution >= 0.6 is 11.8 Å². The predicted octanol–water partition coefficient (Wildman–Crippen LogP) is 3.57. The standard InChI is InChI=1S/C23H21N7O2S/c1-31-9-10-32-17-6-7-20(26-13-17)21-18(11-24)22(28-15-4-5-15)29-23(19(21)12-25)33-14-16-3-2-8-27-30-16/h2-3,6-8,13,15H,4-5,9-10,14H2,1H3,(H,28,29). The summed E-state index contributed by atoms with van der Waals surface area (Å²) in [6, 6.07) is 11.9. The number of methoxy groups -OCH3 is 1. The van der Waals surface area contributed by atoms with Crippen LogP contribution in [-0.4, -0.2) is 46.5 Å². The predicted molar refractivity (Wildman–Crippen MR) is 123 cm³/mol. The van der Waals surface area contributed by atoms with Crippen molar-refractivity contribution in [3.63, 3.8) is 0 Å². The number of rotatable bonds is 10. The monoisotopic (exact) mass is 459 g/mol. The lowest BCUT2D eigenvalue weighted by Crippen LogP contribution is -2.09. The molecule has 33 heavy (non-hydrogen) atoms. The fourth-order valence-corrected chi connectivity index (χ4v) is 3.96. The Kier molecular flexibility index (Phi) is 7.30. The van der Waals surface area contributed by atoms with Gasteiger partial charge in [0.1, 0.15) is 40.9 Å². The molecule has 1 saturated carbocycles. The van der Waals surface area contributed by atoms with Crippen molar-refractivity contribution in [1.82, 2.24) is 20.2 Å². The first-order chi connectivity index (χ1) is 16.2. The van der Waals surface area contributed by atoms with Crippen molar-refractivity contribution < 1.29 is 9.47 Å². The minimum Gasteiger partial charge on any atom is -0.490 e. The zero-order chi connectivity index (χ0) is 23.0. The summed E-state index contributed by atoms with van der Waals surface area (Å²) in [6.45, 7) is 0.865. The lowest BCUT2D eigenvalue weighted by atomic mass is 10.0. The molecule has 3 heterocycles. The summed E-state index contributed by atoms with van der Waals surface area (Å²) in [4.78, 5) is 9.14. The quantitative estimate of drug-likeness (QED) is 0.355. The Hall–Kier alpha value is -3.73. The van der Waals surface area contributed by atoms with Gasteiger partial charge in [0.25, 0.3) is 0 Å². The second-order valence-electron chi connectivity index (χ2n) is 7.26. The Morgan fingerprint density at radius 3 is 2.64 bits per heavy atom. The number of hydrogen-bond acceptors (Lipinski definition) is 10. The number of nitriles is 2. The third-order valence-electron chi connectivity index (χ3n) is 4.84. The first-order valence-electron chi connectivity index (χ1n) is 10.4. The highest BCUT2D eigenvalue weighted by molar-refractivity contribution is 7.98. The van der Waals surface area contributed by atoms with E-state index in [0.29, 0.717) is 57.9 Å². The minimum absolute atomic E-state index is 0.285. The summed E-state index contributed by atoms with van der Waals surface area (Å²) >= 11 is 1.38. The number of nitrogens with one attached hydrogen (secondary N) is 1. The van der Waals surface area contributed by atoms with Crippen molar-refractivity contribution in [2.24, 2.45) is 0 Å². The van der Waals surface area contributed by atoms with E-state index >= 15 is 0 Å². The lowest BCUT2D eigenvalue weighted by Gasteiger charge is -2.15. The summed E-state index contributed by atoms with van der Waals surface area (Å²) in [5.74, 6) is 1.54. The maximum absolute atomic E-state index is 10.0. The van der Waals surface area contributed by atoms with Crippen molar-refractivity contribution in [2.75, 3.05) is 25.6 Å². The average Bonchev–Trinajstić information content (AvgIpc) is 3.67. The molecule has 0 amide bonds. The molecule has 4 rings (SSSR count). The Morgan fingerprint density at radius 1 is 1.15 bits per heavy atom. The van der Waals surface area contributed by atoms with Crippen LogP contribution in [-0.2, 0) is 10.5 Å². The van der Waals surface area contributed by atoms with E-state index in [-0.39, 0.29) is 6.04 Å². The SMILES string of the molecule is COCCOc1ccc(-c2c(C#N)c(NC3CC3)nc(SCc3cccnn3)c2C#N)nc1. The summed E-state index contributed by atoms with van der Waals surface area (Å²) in [6.07, 6.45) is 5.23. The van der Waals surface area contributed by atoms with E-state index in [1.165, 1.54) is 11.8 Å². The molecule has 3 aromatic rings. The molecule has 0 spiro atoms. The molecule has 1 aliphatic rings. The van der Waals surface area contributed by atoms with E-state index in [1.54, 1.807) is 31.6 Å². The average molecular weight is 460 g/mol. The van der Waals surface area contributed by atoms with Crippen molar-refractivity contribution in [2.45, 2.75) is 29.7 Å². The number of pyridine rings is 2. The first-order valence-corrected chi connectivity index (χ1v) is 11.3. The molecular weight excluding hydrogens is 438 g/mol. The molecule has 1 aliphatic carbocycles. The second-order valence-corrected chi connectivity index (χ2v) is 8.22. The van der Waals surface area contributed by atoms with Crippen LogP contribution in [0.15, 0.2) is 41.7 Å². The van der Waals surface area contributed by atoms with Gasteiger partial charge in [-0.25, -0.2) is 4.98 Å². The Bertz CT molecular complexity index is 1190. The summed E-state index contributed by atoms with van der Waals surface area (Å²) in [5, 5.41) is 31.9. The topological polar surface area (TPSA) is 130 Å². The van der Waals surface area contributed by atoms with Crippen molar-refractivity contribution in [3.8, 4) is 29.1 Å². The minimum atomic E-state index is 0.285. The number of ether oxygens (including phenoxy) is 2. The van der Waals surface area contributed by atoms with E-state index in [1.807, 2.05) is 12.1 Å². The molecule has 0 radical (unpaired) electrons. The van der Waals surface area contributed by atoms with Gasteiger partial charge >= 0.3 is 0 Å². The normalized spacial score (nSPS) is 12.6. The molecule has 9 nitrogen and oxygen atoms in total. The molecule has 166 valence electrons. The van der Waals surface area contributed by atoms with Crippen LogP contribution in [0.25, 0.3) is 11.3 Å². The van der Waals surface area contributed by atoms with Crippen LogP contribution in [0.3, 0.4) is 0 Å². The molecule has 0 saturated heterocycles. The molecule has 10 heteroatoms. The van der Waals surface area contributed by atoms with Crippen LogP contribution in [0.2, 0.25) is 0 Å². The molecule has 1 fully saturated rings. The van der Waals surface area contributed by atoms with Gasteiger partial charge in [0, 0.05) is 30.7 Å². The van der Waals surface area contributed by atoms with Gasteiger partial charge < -0.3 is 14.8 Å². The largest absolute Gasteiger partial charge is 0.490 e. The van der Waals surface area contributed by atoms with Crippen LogP contribution in [0.1, 0.15) is 29.7 Å². The van der Waals surface area contributed by atoms with Crippen molar-refractivity contribution >= 4 is 17.6 Å². The smallest absolute Gasteiger partial charge is 0.146 e. The molecule has 0 aliphatic heterocycles. The van der Waals surface area contributed by atoms with Gasteiger partial charge in [0.05, 0.1) is 29.8 Å². The number of anilines is 1. The Morgan fingerprint density at radius 2 is 2.00 bits per heavy atom. The molecule has 0 unspecified atom stereocenters. The third-order valence-corrected chi connectivity index (χ3v) is 5.85. The highest BCUT2D eigenvalue weighted by Gasteiger charge is 2.27. The van der Waals surface area contributed by atoms with Gasteiger partial charge in [-0.2, -0.15) is 20.7 Å².